The SMILES string of the molecule is CCCCCCCCCCCCCCCCCCC(C(=O)OCC)S(=O)(=O)O. The van der Waals surface area contributed by atoms with Crippen molar-refractivity contribution >= 4 is 16.1 Å². The third-order valence-corrected chi connectivity index (χ3v) is 6.38. The van der Waals surface area contributed by atoms with Crippen LogP contribution in [-0.4, -0.2) is 30.8 Å². The van der Waals surface area contributed by atoms with Crippen molar-refractivity contribution in [1.29, 1.82) is 0 Å². The summed E-state index contributed by atoms with van der Waals surface area (Å²) >= 11 is 0. The highest BCUT2D eigenvalue weighted by Crippen LogP contribution is 2.16. The normalized spacial score (nSPS) is 12.8. The minimum atomic E-state index is -4.38. The van der Waals surface area contributed by atoms with Crippen LogP contribution in [0.15, 0.2) is 0 Å². The second kappa shape index (κ2) is 18.4. The maximum atomic E-state index is 11.6. The Morgan fingerprint density at radius 2 is 1.07 bits per heavy atom. The number of carbonyl (C=O) groups excluding carboxylic acids is 1. The van der Waals surface area contributed by atoms with Gasteiger partial charge in [-0.05, 0) is 13.3 Å². The number of esters is 1. The molecule has 0 aliphatic carbocycles. The lowest BCUT2D eigenvalue weighted by Crippen LogP contribution is -2.31. The van der Waals surface area contributed by atoms with Crippen LogP contribution < -0.4 is 0 Å². The smallest absolute Gasteiger partial charge is 0.326 e. The zero-order valence-electron chi connectivity index (χ0n) is 18.3. The largest absolute Gasteiger partial charge is 0.465 e. The number of rotatable bonds is 20. The molecule has 0 rings (SSSR count). The Kier molecular flexibility index (Phi) is 18.0. The topological polar surface area (TPSA) is 80.7 Å². The van der Waals surface area contributed by atoms with Crippen molar-refractivity contribution in [3.8, 4) is 0 Å². The molecular weight excluding hydrogens is 376 g/mol. The predicted octanol–water partition coefficient (Wildman–Crippen LogP) is 6.46. The van der Waals surface area contributed by atoms with Crippen LogP contribution in [0.5, 0.6) is 0 Å². The van der Waals surface area contributed by atoms with E-state index in [1.54, 1.807) is 6.92 Å². The first-order valence-corrected chi connectivity index (χ1v) is 13.1. The van der Waals surface area contributed by atoms with Crippen LogP contribution in [-0.2, 0) is 19.6 Å². The van der Waals surface area contributed by atoms with Gasteiger partial charge < -0.3 is 4.74 Å². The van der Waals surface area contributed by atoms with E-state index >= 15 is 0 Å². The Morgan fingerprint density at radius 1 is 0.714 bits per heavy atom. The van der Waals surface area contributed by atoms with Crippen LogP contribution in [0.2, 0.25) is 0 Å². The molecule has 0 saturated carbocycles. The van der Waals surface area contributed by atoms with Gasteiger partial charge in [0.1, 0.15) is 0 Å². The van der Waals surface area contributed by atoms with E-state index < -0.39 is 21.3 Å². The van der Waals surface area contributed by atoms with Gasteiger partial charge in [-0.3, -0.25) is 9.35 Å². The first-order valence-electron chi connectivity index (χ1n) is 11.6. The molecule has 0 spiro atoms. The average Bonchev–Trinajstić information content (AvgIpc) is 2.63. The molecule has 0 aromatic rings. The fourth-order valence-corrected chi connectivity index (χ4v) is 4.28. The first-order chi connectivity index (χ1) is 13.4. The van der Waals surface area contributed by atoms with Gasteiger partial charge in [0.05, 0.1) is 6.61 Å². The molecule has 0 aromatic heterocycles. The Hall–Kier alpha value is -0.620. The lowest BCUT2D eigenvalue weighted by molar-refractivity contribution is -0.142. The predicted molar refractivity (Wildman–Crippen MR) is 116 cm³/mol. The molecule has 0 amide bonds. The van der Waals surface area contributed by atoms with Crippen LogP contribution in [0.3, 0.4) is 0 Å². The third kappa shape index (κ3) is 16.3. The van der Waals surface area contributed by atoms with Gasteiger partial charge in [-0.2, -0.15) is 8.42 Å². The van der Waals surface area contributed by atoms with Gasteiger partial charge >= 0.3 is 5.97 Å². The number of unbranched alkanes of at least 4 members (excludes halogenated alkanes) is 15. The highest BCUT2D eigenvalue weighted by molar-refractivity contribution is 7.87. The van der Waals surface area contributed by atoms with Gasteiger partial charge in [-0.1, -0.05) is 110 Å². The summed E-state index contributed by atoms with van der Waals surface area (Å²) in [6.45, 7) is 3.99. The fourth-order valence-electron chi connectivity index (χ4n) is 3.50. The van der Waals surface area contributed by atoms with E-state index in [1.807, 2.05) is 0 Å². The first kappa shape index (κ1) is 27.4. The van der Waals surface area contributed by atoms with Crippen LogP contribution in [0.1, 0.15) is 123 Å². The van der Waals surface area contributed by atoms with E-state index in [0.29, 0.717) is 6.42 Å². The molecule has 28 heavy (non-hydrogen) atoms. The standard InChI is InChI=1S/C22H44O5S/c1-3-5-6-7-8-9-10-11-12-13-14-15-16-17-18-19-20-21(28(24,25)26)22(23)27-4-2/h21H,3-20H2,1-2H3,(H,24,25,26). The second-order valence-electron chi connectivity index (χ2n) is 7.85. The third-order valence-electron chi connectivity index (χ3n) is 5.23. The molecule has 0 radical (unpaired) electrons. The highest BCUT2D eigenvalue weighted by atomic mass is 32.2. The minimum absolute atomic E-state index is 0.115. The number of hydrogen-bond acceptors (Lipinski definition) is 4. The molecule has 0 aliphatic rings. The molecule has 0 fully saturated rings. The van der Waals surface area contributed by atoms with E-state index in [-0.39, 0.29) is 13.0 Å². The molecule has 1 N–H and O–H groups in total. The van der Waals surface area contributed by atoms with Gasteiger partial charge in [0.15, 0.2) is 5.25 Å². The Labute approximate surface area is 173 Å². The number of ether oxygens (including phenoxy) is 1. The van der Waals surface area contributed by atoms with E-state index in [9.17, 15) is 17.8 Å². The van der Waals surface area contributed by atoms with Crippen LogP contribution in [0, 0.1) is 0 Å². The molecule has 168 valence electrons. The van der Waals surface area contributed by atoms with Crippen molar-refractivity contribution in [2.45, 2.75) is 128 Å². The molecule has 0 saturated heterocycles. The second-order valence-corrected chi connectivity index (χ2v) is 9.45. The van der Waals surface area contributed by atoms with Crippen molar-refractivity contribution in [3.05, 3.63) is 0 Å². The van der Waals surface area contributed by atoms with E-state index in [0.717, 1.165) is 19.3 Å². The molecule has 5 nitrogen and oxygen atoms in total. The summed E-state index contributed by atoms with van der Waals surface area (Å²) in [5.74, 6) is -0.842. The van der Waals surface area contributed by atoms with Crippen LogP contribution >= 0.6 is 0 Å². The zero-order chi connectivity index (χ0) is 21.1. The summed E-state index contributed by atoms with van der Waals surface area (Å²) < 4.78 is 36.5. The molecule has 6 heteroatoms. The number of hydrogen-bond donors (Lipinski definition) is 1. The monoisotopic (exact) mass is 420 g/mol. The molecule has 1 unspecified atom stereocenters. The van der Waals surface area contributed by atoms with Gasteiger partial charge in [0.25, 0.3) is 10.1 Å². The van der Waals surface area contributed by atoms with Crippen molar-refractivity contribution in [2.24, 2.45) is 0 Å². The zero-order valence-corrected chi connectivity index (χ0v) is 19.1. The van der Waals surface area contributed by atoms with Gasteiger partial charge in [0, 0.05) is 0 Å². The number of carbonyl (C=O) groups is 1. The van der Waals surface area contributed by atoms with Gasteiger partial charge in [0.2, 0.25) is 0 Å². The fraction of sp³-hybridized carbons (Fsp3) is 0.955. The Morgan fingerprint density at radius 3 is 1.39 bits per heavy atom. The Bertz CT molecular complexity index is 462. The van der Waals surface area contributed by atoms with Gasteiger partial charge in [-0.15, -0.1) is 0 Å². The summed E-state index contributed by atoms with van der Waals surface area (Å²) in [5, 5.41) is -1.43. The van der Waals surface area contributed by atoms with E-state index in [1.165, 1.54) is 77.0 Å². The van der Waals surface area contributed by atoms with Crippen molar-refractivity contribution < 1.29 is 22.5 Å². The summed E-state index contributed by atoms with van der Waals surface area (Å²) in [5.41, 5.74) is 0. The van der Waals surface area contributed by atoms with Crippen molar-refractivity contribution in [2.75, 3.05) is 6.61 Å². The quantitative estimate of drug-likeness (QED) is 0.139. The molecule has 0 heterocycles. The Balaban J connectivity index is 3.48. The van der Waals surface area contributed by atoms with Crippen molar-refractivity contribution in [3.63, 3.8) is 0 Å². The lowest BCUT2D eigenvalue weighted by atomic mass is 10.0. The molecule has 1 atom stereocenters. The lowest BCUT2D eigenvalue weighted by Gasteiger charge is -2.12. The molecule has 0 aliphatic heterocycles. The maximum absolute atomic E-state index is 11.6. The molecule has 0 aromatic carbocycles. The highest BCUT2D eigenvalue weighted by Gasteiger charge is 2.31. The molecule has 0 bridgehead atoms. The van der Waals surface area contributed by atoms with Crippen LogP contribution in [0.25, 0.3) is 0 Å². The summed E-state index contributed by atoms with van der Waals surface area (Å²) in [7, 11) is -4.38. The maximum Gasteiger partial charge on any atom is 0.326 e. The van der Waals surface area contributed by atoms with E-state index in [4.69, 9.17) is 4.74 Å². The summed E-state index contributed by atoms with van der Waals surface area (Å²) in [6.07, 6.45) is 20.0. The summed E-state index contributed by atoms with van der Waals surface area (Å²) in [4.78, 5) is 11.6. The van der Waals surface area contributed by atoms with Gasteiger partial charge in [-0.25, -0.2) is 0 Å². The average molecular weight is 421 g/mol. The van der Waals surface area contributed by atoms with Crippen molar-refractivity contribution in [1.82, 2.24) is 0 Å². The molecular formula is C22H44O5S. The summed E-state index contributed by atoms with van der Waals surface area (Å²) in [6, 6.07) is 0. The minimum Gasteiger partial charge on any atom is -0.465 e. The van der Waals surface area contributed by atoms with Crippen LogP contribution in [0.4, 0.5) is 0 Å². The van der Waals surface area contributed by atoms with E-state index in [2.05, 4.69) is 6.92 Å².